The summed E-state index contributed by atoms with van der Waals surface area (Å²) < 4.78 is 10.2. The zero-order valence-electron chi connectivity index (χ0n) is 15.6. The van der Waals surface area contributed by atoms with E-state index < -0.39 is 0 Å². The molecule has 26 heavy (non-hydrogen) atoms. The molecular formula is C18H29IN4O3. The standard InChI is InChI=1S/C18H28N4O3.HI/c1-4-25-18(23)22-16(14-8-9-14)12-21-17(19-2)20-11-13-6-5-7-15(10-13)24-3;/h5-7,10,14,16H,4,8-9,11-12H2,1-3H3,(H,22,23)(H2,19,20,21);1H. The van der Waals surface area contributed by atoms with Gasteiger partial charge in [0.05, 0.1) is 19.8 Å². The van der Waals surface area contributed by atoms with Gasteiger partial charge >= 0.3 is 6.09 Å². The van der Waals surface area contributed by atoms with Crippen molar-refractivity contribution in [3.8, 4) is 5.75 Å². The van der Waals surface area contributed by atoms with E-state index in [4.69, 9.17) is 9.47 Å². The molecule has 1 aliphatic rings. The largest absolute Gasteiger partial charge is 0.497 e. The highest BCUT2D eigenvalue weighted by atomic mass is 127. The lowest BCUT2D eigenvalue weighted by molar-refractivity contribution is 0.146. The zero-order chi connectivity index (χ0) is 18.1. The molecule has 146 valence electrons. The van der Waals surface area contributed by atoms with E-state index in [0.717, 1.165) is 24.2 Å². The summed E-state index contributed by atoms with van der Waals surface area (Å²) in [5.41, 5.74) is 1.10. The van der Waals surface area contributed by atoms with Crippen LogP contribution in [0.15, 0.2) is 29.3 Å². The van der Waals surface area contributed by atoms with E-state index in [1.807, 2.05) is 24.3 Å². The molecule has 1 aromatic rings. The smallest absolute Gasteiger partial charge is 0.407 e. The summed E-state index contributed by atoms with van der Waals surface area (Å²) in [6.07, 6.45) is 1.91. The third kappa shape index (κ3) is 7.67. The number of rotatable bonds is 8. The second kappa shape index (κ2) is 11.8. The Morgan fingerprint density at radius 1 is 1.35 bits per heavy atom. The number of hydrogen-bond acceptors (Lipinski definition) is 4. The molecule has 0 spiro atoms. The summed E-state index contributed by atoms with van der Waals surface area (Å²) in [5.74, 6) is 2.03. The molecule has 1 aromatic carbocycles. The van der Waals surface area contributed by atoms with Crippen LogP contribution in [0.4, 0.5) is 4.79 Å². The van der Waals surface area contributed by atoms with Crippen LogP contribution in [0.1, 0.15) is 25.3 Å². The van der Waals surface area contributed by atoms with E-state index in [1.54, 1.807) is 21.1 Å². The van der Waals surface area contributed by atoms with Gasteiger partial charge in [0.15, 0.2) is 5.96 Å². The number of carbonyl (C=O) groups excluding carboxylic acids is 1. The van der Waals surface area contributed by atoms with Crippen molar-refractivity contribution in [3.05, 3.63) is 29.8 Å². The van der Waals surface area contributed by atoms with Gasteiger partial charge < -0.3 is 25.4 Å². The Labute approximate surface area is 172 Å². The second-order valence-electron chi connectivity index (χ2n) is 5.97. The summed E-state index contributed by atoms with van der Waals surface area (Å²) >= 11 is 0. The van der Waals surface area contributed by atoms with Gasteiger partial charge in [-0.1, -0.05) is 12.1 Å². The van der Waals surface area contributed by atoms with Crippen molar-refractivity contribution in [2.75, 3.05) is 27.3 Å². The number of amides is 1. The fourth-order valence-electron chi connectivity index (χ4n) is 2.55. The average molecular weight is 476 g/mol. The number of nitrogens with one attached hydrogen (secondary N) is 3. The lowest BCUT2D eigenvalue weighted by atomic mass is 10.2. The highest BCUT2D eigenvalue weighted by molar-refractivity contribution is 14.0. The Balaban J connectivity index is 0.00000338. The minimum atomic E-state index is -0.361. The molecule has 2 rings (SSSR count). The molecule has 7 nitrogen and oxygen atoms in total. The maximum absolute atomic E-state index is 11.7. The molecule has 1 atom stereocenters. The van der Waals surface area contributed by atoms with Crippen LogP contribution < -0.4 is 20.7 Å². The molecule has 0 aromatic heterocycles. The van der Waals surface area contributed by atoms with Crippen LogP contribution in [0, 0.1) is 5.92 Å². The molecule has 1 unspecified atom stereocenters. The topological polar surface area (TPSA) is 84.0 Å². The maximum atomic E-state index is 11.7. The highest BCUT2D eigenvalue weighted by Gasteiger charge is 2.32. The quantitative estimate of drug-likeness (QED) is 0.305. The van der Waals surface area contributed by atoms with Gasteiger partial charge in [-0.25, -0.2) is 4.79 Å². The van der Waals surface area contributed by atoms with Crippen LogP contribution in [0.3, 0.4) is 0 Å². The highest BCUT2D eigenvalue weighted by Crippen LogP contribution is 2.32. The number of ether oxygens (including phenoxy) is 2. The zero-order valence-corrected chi connectivity index (χ0v) is 17.9. The van der Waals surface area contributed by atoms with Crippen molar-refractivity contribution in [1.29, 1.82) is 0 Å². The molecule has 1 fully saturated rings. The van der Waals surface area contributed by atoms with E-state index >= 15 is 0 Å². The summed E-state index contributed by atoms with van der Waals surface area (Å²) in [6.45, 7) is 3.42. The SMILES string of the molecule is CCOC(=O)NC(CNC(=NC)NCc1cccc(OC)c1)C1CC1.I. The van der Waals surface area contributed by atoms with Crippen molar-refractivity contribution >= 4 is 36.0 Å². The number of guanidine groups is 1. The number of methoxy groups -OCH3 is 1. The first-order valence-corrected chi connectivity index (χ1v) is 8.67. The van der Waals surface area contributed by atoms with Gasteiger partial charge in [-0.2, -0.15) is 0 Å². The summed E-state index contributed by atoms with van der Waals surface area (Å²) in [7, 11) is 3.38. The minimum absolute atomic E-state index is 0. The van der Waals surface area contributed by atoms with E-state index in [9.17, 15) is 4.79 Å². The molecule has 0 bridgehead atoms. The second-order valence-corrected chi connectivity index (χ2v) is 5.97. The van der Waals surface area contributed by atoms with Gasteiger partial charge in [-0.05, 0) is 43.4 Å². The molecular weight excluding hydrogens is 447 g/mol. The Hall–Kier alpha value is -1.71. The Morgan fingerprint density at radius 3 is 2.73 bits per heavy atom. The molecule has 0 saturated heterocycles. The van der Waals surface area contributed by atoms with E-state index in [-0.39, 0.29) is 36.1 Å². The first-order valence-electron chi connectivity index (χ1n) is 8.67. The molecule has 3 N–H and O–H groups in total. The van der Waals surface area contributed by atoms with Crippen molar-refractivity contribution in [3.63, 3.8) is 0 Å². The first-order chi connectivity index (χ1) is 12.2. The van der Waals surface area contributed by atoms with E-state index in [0.29, 0.717) is 31.6 Å². The van der Waals surface area contributed by atoms with E-state index in [1.165, 1.54) is 0 Å². The molecule has 1 saturated carbocycles. The van der Waals surface area contributed by atoms with Crippen molar-refractivity contribution < 1.29 is 14.3 Å². The van der Waals surface area contributed by atoms with Gasteiger partial charge in [0.2, 0.25) is 0 Å². The van der Waals surface area contributed by atoms with Crippen molar-refractivity contribution in [1.82, 2.24) is 16.0 Å². The maximum Gasteiger partial charge on any atom is 0.407 e. The van der Waals surface area contributed by atoms with Crippen LogP contribution in [0.2, 0.25) is 0 Å². The summed E-state index contributed by atoms with van der Waals surface area (Å²) in [4.78, 5) is 15.9. The number of hydrogen-bond donors (Lipinski definition) is 3. The third-order valence-corrected chi connectivity index (χ3v) is 4.08. The fourth-order valence-corrected chi connectivity index (χ4v) is 2.55. The Bertz CT molecular complexity index is 594. The van der Waals surface area contributed by atoms with Gasteiger partial charge in [0, 0.05) is 20.1 Å². The number of carbonyl (C=O) groups is 1. The predicted octanol–water partition coefficient (Wildman–Crippen LogP) is 2.50. The molecule has 1 amide bonds. The van der Waals surface area contributed by atoms with Crippen molar-refractivity contribution in [2.24, 2.45) is 10.9 Å². The molecule has 0 aliphatic heterocycles. The summed E-state index contributed by atoms with van der Waals surface area (Å²) in [5, 5.41) is 9.47. The number of nitrogens with zero attached hydrogens (tertiary/aromatic N) is 1. The molecule has 0 radical (unpaired) electrons. The van der Waals surface area contributed by atoms with Crippen LogP contribution in [0.25, 0.3) is 0 Å². The normalized spacial score (nSPS) is 14.7. The van der Waals surface area contributed by atoms with Gasteiger partial charge in [0.1, 0.15) is 5.75 Å². The molecule has 1 aliphatic carbocycles. The molecule has 0 heterocycles. The average Bonchev–Trinajstić information content (AvgIpc) is 3.46. The van der Waals surface area contributed by atoms with Gasteiger partial charge in [-0.3, -0.25) is 4.99 Å². The minimum Gasteiger partial charge on any atom is -0.497 e. The lowest BCUT2D eigenvalue weighted by Gasteiger charge is -2.20. The van der Waals surface area contributed by atoms with Crippen molar-refractivity contribution in [2.45, 2.75) is 32.4 Å². The fraction of sp³-hybridized carbons (Fsp3) is 0.556. The summed E-state index contributed by atoms with van der Waals surface area (Å²) in [6, 6.07) is 7.93. The number of halogens is 1. The third-order valence-electron chi connectivity index (χ3n) is 4.08. The van der Waals surface area contributed by atoms with Crippen LogP contribution in [-0.4, -0.2) is 45.4 Å². The van der Waals surface area contributed by atoms with Crippen LogP contribution in [-0.2, 0) is 11.3 Å². The number of aliphatic imine (C=N–C) groups is 1. The van der Waals surface area contributed by atoms with Gasteiger partial charge in [-0.15, -0.1) is 24.0 Å². The Kier molecular flexibility index (Phi) is 10.2. The molecule has 8 heteroatoms. The Morgan fingerprint density at radius 2 is 2.12 bits per heavy atom. The van der Waals surface area contributed by atoms with Crippen LogP contribution in [0.5, 0.6) is 5.75 Å². The van der Waals surface area contributed by atoms with Gasteiger partial charge in [0.25, 0.3) is 0 Å². The number of benzene rings is 1. The number of alkyl carbamates (subject to hydrolysis) is 1. The predicted molar refractivity (Wildman–Crippen MR) is 113 cm³/mol. The van der Waals surface area contributed by atoms with Crippen LogP contribution >= 0.6 is 24.0 Å². The lowest BCUT2D eigenvalue weighted by Crippen LogP contribution is -2.48. The first kappa shape index (κ1) is 22.3. The monoisotopic (exact) mass is 476 g/mol. The van der Waals surface area contributed by atoms with E-state index in [2.05, 4.69) is 20.9 Å².